The maximum absolute atomic E-state index is 17.0. The number of hydrogen-bond acceptors (Lipinski definition) is 8. The van der Waals surface area contributed by atoms with Crippen LogP contribution in [0.4, 0.5) is 15.9 Å². The first-order valence-electron chi connectivity index (χ1n) is 16.9. The molecule has 4 saturated heterocycles. The zero-order valence-corrected chi connectivity index (χ0v) is 26.7. The van der Waals surface area contributed by atoms with Gasteiger partial charge in [-0.25, -0.2) is 4.39 Å². The number of pyridine rings is 1. The molecule has 46 heavy (non-hydrogen) atoms. The summed E-state index contributed by atoms with van der Waals surface area (Å²) in [6.07, 6.45) is 14.4. The molecule has 9 heteroatoms. The number of piperazine rings is 1. The molecule has 0 radical (unpaired) electrons. The van der Waals surface area contributed by atoms with Crippen LogP contribution in [-0.4, -0.2) is 70.3 Å². The molecule has 4 atom stereocenters. The summed E-state index contributed by atoms with van der Waals surface area (Å²) in [7, 11) is 0. The second kappa shape index (κ2) is 11.4. The van der Waals surface area contributed by atoms with Crippen molar-refractivity contribution in [2.24, 2.45) is 11.8 Å². The van der Waals surface area contributed by atoms with E-state index >= 15 is 4.39 Å². The van der Waals surface area contributed by atoms with Crippen molar-refractivity contribution < 1.29 is 9.13 Å². The first kappa shape index (κ1) is 29.4. The van der Waals surface area contributed by atoms with E-state index in [1.165, 1.54) is 0 Å². The molecule has 238 valence electrons. The molecule has 4 aliphatic rings. The molecule has 0 aliphatic carbocycles. The lowest BCUT2D eigenvalue weighted by molar-refractivity contribution is 0.107. The normalized spacial score (nSPS) is 27.4. The Kier molecular flexibility index (Phi) is 7.26. The van der Waals surface area contributed by atoms with Gasteiger partial charge in [-0.15, -0.1) is 6.42 Å². The molecule has 0 amide bonds. The van der Waals surface area contributed by atoms with Crippen molar-refractivity contribution in [2.45, 2.75) is 70.0 Å². The van der Waals surface area contributed by atoms with Gasteiger partial charge in [0.1, 0.15) is 23.6 Å². The quantitative estimate of drug-likeness (QED) is 0.199. The Balaban J connectivity index is 1.24. The standard InChI is InChI=1S/C37H42FN7O/c1-4-22-14-37(15-23(5-2)18-45(37)17-22)21-46-36-42-34-30(35(43-36)44-19-27-10-11-28(20-44)41-27)16-40-33(32(34)38)29-13-26(39)12-25-9-7-8-24(6-3)31(25)29/h3,7-9,12-13,16,22-23,27-28,41H,4-5,10-11,14-15,17-21,39H2,1-2H3/t22?,23?,27-,28+,37?. The van der Waals surface area contributed by atoms with E-state index in [4.69, 9.17) is 31.8 Å². The molecule has 4 aliphatic heterocycles. The number of benzene rings is 2. The Bertz CT molecular complexity index is 1840. The van der Waals surface area contributed by atoms with E-state index in [1.807, 2.05) is 24.3 Å². The third-order valence-electron chi connectivity index (χ3n) is 11.2. The summed E-state index contributed by atoms with van der Waals surface area (Å²) in [6.45, 7) is 8.88. The van der Waals surface area contributed by atoms with Gasteiger partial charge in [0.15, 0.2) is 5.82 Å². The lowest BCUT2D eigenvalue weighted by Gasteiger charge is -2.34. The average Bonchev–Trinajstić information content (AvgIpc) is 3.71. The van der Waals surface area contributed by atoms with E-state index in [0.29, 0.717) is 58.5 Å². The van der Waals surface area contributed by atoms with Crippen molar-refractivity contribution in [2.75, 3.05) is 43.4 Å². The van der Waals surface area contributed by atoms with Gasteiger partial charge in [-0.2, -0.15) is 9.97 Å². The molecule has 0 saturated carbocycles. The van der Waals surface area contributed by atoms with Crippen molar-refractivity contribution in [3.05, 3.63) is 47.9 Å². The number of rotatable bonds is 7. The van der Waals surface area contributed by atoms with Gasteiger partial charge in [0.05, 0.1) is 10.9 Å². The highest BCUT2D eigenvalue weighted by molar-refractivity contribution is 6.03. The van der Waals surface area contributed by atoms with Crippen molar-refractivity contribution in [3.8, 4) is 29.6 Å². The molecular weight excluding hydrogens is 577 g/mol. The van der Waals surface area contributed by atoms with Gasteiger partial charge >= 0.3 is 6.01 Å². The molecular formula is C37H42FN7O. The van der Waals surface area contributed by atoms with Crippen LogP contribution in [0, 0.1) is 30.0 Å². The number of nitrogens with two attached hydrogens (primary N) is 1. The summed E-state index contributed by atoms with van der Waals surface area (Å²) < 4.78 is 23.5. The van der Waals surface area contributed by atoms with Gasteiger partial charge in [-0.1, -0.05) is 44.7 Å². The average molecular weight is 620 g/mol. The molecule has 2 bridgehead atoms. The van der Waals surface area contributed by atoms with Crippen LogP contribution in [0.25, 0.3) is 32.9 Å². The predicted molar refractivity (Wildman–Crippen MR) is 181 cm³/mol. The molecule has 6 heterocycles. The Labute approximate surface area is 269 Å². The van der Waals surface area contributed by atoms with Crippen molar-refractivity contribution in [3.63, 3.8) is 0 Å². The number of halogens is 1. The Morgan fingerprint density at radius 1 is 1.07 bits per heavy atom. The molecule has 8 nitrogen and oxygen atoms in total. The third kappa shape index (κ3) is 4.85. The number of nitrogens with one attached hydrogen (secondary N) is 1. The van der Waals surface area contributed by atoms with Crippen molar-refractivity contribution >= 4 is 33.2 Å². The number of hydrogen-bond donors (Lipinski definition) is 2. The second-order valence-corrected chi connectivity index (χ2v) is 14.0. The van der Waals surface area contributed by atoms with Gasteiger partial charge in [-0.3, -0.25) is 9.88 Å². The van der Waals surface area contributed by atoms with E-state index in [1.54, 1.807) is 12.3 Å². The van der Waals surface area contributed by atoms with Crippen LogP contribution in [0.15, 0.2) is 36.5 Å². The molecule has 2 aromatic heterocycles. The predicted octanol–water partition coefficient (Wildman–Crippen LogP) is 5.77. The van der Waals surface area contributed by atoms with Crippen LogP contribution in [0.3, 0.4) is 0 Å². The first-order chi connectivity index (χ1) is 22.4. The second-order valence-electron chi connectivity index (χ2n) is 14.0. The Morgan fingerprint density at radius 2 is 1.80 bits per heavy atom. The first-order valence-corrected chi connectivity index (χ1v) is 16.9. The van der Waals surface area contributed by atoms with Crippen LogP contribution in [-0.2, 0) is 0 Å². The summed E-state index contributed by atoms with van der Waals surface area (Å²) >= 11 is 0. The van der Waals surface area contributed by atoms with E-state index in [9.17, 15) is 0 Å². The number of nitrogens with zero attached hydrogens (tertiary/aromatic N) is 5. The van der Waals surface area contributed by atoms with Crippen LogP contribution in [0.5, 0.6) is 6.01 Å². The summed E-state index contributed by atoms with van der Waals surface area (Å²) in [5.41, 5.74) is 8.37. The molecule has 4 aromatic rings. The Hall–Kier alpha value is -4.00. The number of aromatic nitrogens is 3. The topological polar surface area (TPSA) is 92.4 Å². The number of anilines is 2. The maximum Gasteiger partial charge on any atom is 0.319 e. The lowest BCUT2D eigenvalue weighted by atomic mass is 9.86. The van der Waals surface area contributed by atoms with E-state index < -0.39 is 5.82 Å². The van der Waals surface area contributed by atoms with E-state index in [-0.39, 0.29) is 22.8 Å². The smallest absolute Gasteiger partial charge is 0.319 e. The summed E-state index contributed by atoms with van der Waals surface area (Å²) in [6, 6.07) is 10.3. The molecule has 3 N–H and O–H groups in total. The van der Waals surface area contributed by atoms with Crippen LogP contribution >= 0.6 is 0 Å². The van der Waals surface area contributed by atoms with E-state index in [0.717, 1.165) is 75.5 Å². The summed E-state index contributed by atoms with van der Waals surface area (Å²) in [4.78, 5) is 19.4. The fourth-order valence-corrected chi connectivity index (χ4v) is 8.83. The highest BCUT2D eigenvalue weighted by atomic mass is 19.1. The SMILES string of the molecule is C#Cc1cccc2cc(N)cc(-c3ncc4c(N5C[C@H]6CC[C@@H](C5)N6)nc(OCC56CC(CC)CN5CC(CC)C6)nc4c3F)c12. The molecule has 4 fully saturated rings. The number of terminal acetylenes is 1. The highest BCUT2D eigenvalue weighted by Gasteiger charge is 2.51. The van der Waals surface area contributed by atoms with Crippen molar-refractivity contribution in [1.29, 1.82) is 0 Å². The summed E-state index contributed by atoms with van der Waals surface area (Å²) in [5, 5.41) is 5.86. The minimum absolute atomic E-state index is 0.0258. The fraction of sp³-hybridized carbons (Fsp3) is 0.486. The minimum Gasteiger partial charge on any atom is -0.461 e. The van der Waals surface area contributed by atoms with E-state index in [2.05, 4.69) is 34.9 Å². The van der Waals surface area contributed by atoms with Crippen LogP contribution in [0.2, 0.25) is 0 Å². The number of fused-ring (bicyclic) bond motifs is 5. The zero-order valence-electron chi connectivity index (χ0n) is 26.7. The summed E-state index contributed by atoms with van der Waals surface area (Å²) in [5.74, 6) is 4.24. The largest absolute Gasteiger partial charge is 0.461 e. The van der Waals surface area contributed by atoms with Gasteiger partial charge in [-0.05, 0) is 61.1 Å². The number of ether oxygens (including phenoxy) is 1. The lowest BCUT2D eigenvalue weighted by Crippen LogP contribution is -2.51. The third-order valence-corrected chi connectivity index (χ3v) is 11.2. The minimum atomic E-state index is -0.526. The van der Waals surface area contributed by atoms with Gasteiger partial charge < -0.3 is 20.7 Å². The highest BCUT2D eigenvalue weighted by Crippen LogP contribution is 2.46. The monoisotopic (exact) mass is 619 g/mol. The van der Waals surface area contributed by atoms with Crippen LogP contribution in [0.1, 0.15) is 57.9 Å². The molecule has 8 rings (SSSR count). The molecule has 0 spiro atoms. The van der Waals surface area contributed by atoms with Gasteiger partial charge in [0.25, 0.3) is 0 Å². The number of nitrogen functional groups attached to an aromatic ring is 1. The van der Waals surface area contributed by atoms with Crippen LogP contribution < -0.4 is 20.7 Å². The van der Waals surface area contributed by atoms with Gasteiger partial charge in [0, 0.05) is 66.7 Å². The zero-order chi connectivity index (χ0) is 31.6. The Morgan fingerprint density at radius 3 is 2.50 bits per heavy atom. The van der Waals surface area contributed by atoms with Crippen molar-refractivity contribution in [1.82, 2.24) is 25.2 Å². The maximum atomic E-state index is 17.0. The molecule has 2 aromatic carbocycles. The van der Waals surface area contributed by atoms with Gasteiger partial charge in [0.2, 0.25) is 0 Å². The fourth-order valence-electron chi connectivity index (χ4n) is 8.83. The molecule has 2 unspecified atom stereocenters.